The summed E-state index contributed by atoms with van der Waals surface area (Å²) in [6.07, 6.45) is 1.78. The second kappa shape index (κ2) is 10.6. The number of anilines is 1. The molecule has 3 N–H and O–H groups in total. The molecule has 0 aliphatic carbocycles. The van der Waals surface area contributed by atoms with Crippen LogP contribution in [0.1, 0.15) is 10.4 Å². The van der Waals surface area contributed by atoms with Crippen LogP contribution in [0.3, 0.4) is 0 Å². The van der Waals surface area contributed by atoms with E-state index in [9.17, 15) is 4.79 Å². The topological polar surface area (TPSA) is 104 Å². The predicted octanol–water partition coefficient (Wildman–Crippen LogP) is 3.20. The van der Waals surface area contributed by atoms with Gasteiger partial charge in [-0.1, -0.05) is 18.2 Å². The first-order valence-corrected chi connectivity index (χ1v) is 12.5. The molecule has 1 fully saturated rings. The highest BCUT2D eigenvalue weighted by molar-refractivity contribution is 6.01. The standard InChI is InChI=1S/C28H33N7O2/c1-33(2)10-11-34-12-14-35(15-13-34)28(36)22-16-19(8-9-24(22)29)20-17-23-26(31-32-27(23)30-18-20)21-6-4-5-7-25(21)37-3/h4-9,16-18H,10-15,29H2,1-3H3,(H,30,31,32). The molecule has 0 bridgehead atoms. The number of hydrogen-bond acceptors (Lipinski definition) is 7. The number of benzene rings is 2. The lowest BCUT2D eigenvalue weighted by Gasteiger charge is -2.35. The zero-order chi connectivity index (χ0) is 25.9. The summed E-state index contributed by atoms with van der Waals surface area (Å²) in [5.41, 5.74) is 11.4. The van der Waals surface area contributed by atoms with E-state index < -0.39 is 0 Å². The number of hydrogen-bond donors (Lipinski definition) is 2. The van der Waals surface area contributed by atoms with Crippen LogP contribution < -0.4 is 10.5 Å². The Kier molecular flexibility index (Phi) is 7.07. The molecule has 9 nitrogen and oxygen atoms in total. The Morgan fingerprint density at radius 1 is 1.08 bits per heavy atom. The SMILES string of the molecule is COc1ccccc1-c1[nH]nc2ncc(-c3ccc(N)c(C(=O)N4CCN(CCN(C)C)CC4)c3)cc12. The quantitative estimate of drug-likeness (QED) is 0.376. The molecule has 1 saturated heterocycles. The Balaban J connectivity index is 1.40. The fourth-order valence-corrected chi connectivity index (χ4v) is 4.72. The second-order valence-corrected chi connectivity index (χ2v) is 9.63. The van der Waals surface area contributed by atoms with Crippen LogP contribution in [0, 0.1) is 0 Å². The van der Waals surface area contributed by atoms with Crippen molar-refractivity contribution < 1.29 is 9.53 Å². The molecule has 1 aliphatic rings. The summed E-state index contributed by atoms with van der Waals surface area (Å²) < 4.78 is 5.55. The number of fused-ring (bicyclic) bond motifs is 1. The average molecular weight is 500 g/mol. The minimum absolute atomic E-state index is 0.0290. The van der Waals surface area contributed by atoms with Gasteiger partial charge in [-0.3, -0.25) is 14.8 Å². The van der Waals surface area contributed by atoms with Gasteiger partial charge in [-0.05, 0) is 50.0 Å². The summed E-state index contributed by atoms with van der Waals surface area (Å²) in [5, 5.41) is 8.36. The fraction of sp³-hybridized carbons (Fsp3) is 0.321. The number of nitrogens with two attached hydrogens (primary N) is 1. The molecular weight excluding hydrogens is 466 g/mol. The molecule has 0 atom stereocenters. The van der Waals surface area contributed by atoms with Gasteiger partial charge in [0.05, 0.1) is 18.4 Å². The Labute approximate surface area is 216 Å². The molecule has 9 heteroatoms. The van der Waals surface area contributed by atoms with Crippen LogP contribution in [0.25, 0.3) is 33.4 Å². The lowest BCUT2D eigenvalue weighted by Crippen LogP contribution is -2.50. The van der Waals surface area contributed by atoms with Crippen LogP contribution in [-0.2, 0) is 0 Å². The smallest absolute Gasteiger partial charge is 0.256 e. The van der Waals surface area contributed by atoms with Gasteiger partial charge in [0.25, 0.3) is 5.91 Å². The van der Waals surface area contributed by atoms with E-state index in [2.05, 4.69) is 39.1 Å². The van der Waals surface area contributed by atoms with E-state index in [1.54, 1.807) is 19.4 Å². The van der Waals surface area contributed by atoms with Gasteiger partial charge in [-0.2, -0.15) is 5.10 Å². The first-order chi connectivity index (χ1) is 17.9. The van der Waals surface area contributed by atoms with E-state index in [0.717, 1.165) is 59.7 Å². The van der Waals surface area contributed by atoms with Gasteiger partial charge in [-0.25, -0.2) is 4.98 Å². The number of aromatic nitrogens is 3. The molecule has 1 amide bonds. The van der Waals surface area contributed by atoms with E-state index in [-0.39, 0.29) is 5.91 Å². The Morgan fingerprint density at radius 2 is 1.86 bits per heavy atom. The van der Waals surface area contributed by atoms with Gasteiger partial charge >= 0.3 is 0 Å². The average Bonchev–Trinajstić information content (AvgIpc) is 3.35. The largest absolute Gasteiger partial charge is 0.496 e. The summed E-state index contributed by atoms with van der Waals surface area (Å²) >= 11 is 0. The summed E-state index contributed by atoms with van der Waals surface area (Å²) in [4.78, 5) is 24.5. The van der Waals surface area contributed by atoms with E-state index in [1.807, 2.05) is 47.4 Å². The maximum Gasteiger partial charge on any atom is 0.256 e. The van der Waals surface area contributed by atoms with E-state index in [1.165, 1.54) is 0 Å². The van der Waals surface area contributed by atoms with Gasteiger partial charge in [0.15, 0.2) is 5.65 Å². The number of likely N-dealkylation sites (N-methyl/N-ethyl adjacent to an activating group) is 1. The van der Waals surface area contributed by atoms with Crippen LogP contribution in [0.2, 0.25) is 0 Å². The van der Waals surface area contributed by atoms with E-state index >= 15 is 0 Å². The number of piperazine rings is 1. The number of para-hydroxylation sites is 1. The van der Waals surface area contributed by atoms with Crippen LogP contribution >= 0.6 is 0 Å². The first kappa shape index (κ1) is 24.7. The summed E-state index contributed by atoms with van der Waals surface area (Å²) in [5.74, 6) is 0.722. The maximum atomic E-state index is 13.4. The molecule has 192 valence electrons. The highest BCUT2D eigenvalue weighted by atomic mass is 16.5. The number of ether oxygens (including phenoxy) is 1. The number of nitrogens with zero attached hydrogens (tertiary/aromatic N) is 5. The minimum Gasteiger partial charge on any atom is -0.496 e. The minimum atomic E-state index is -0.0290. The Bertz CT molecular complexity index is 1410. The highest BCUT2D eigenvalue weighted by Crippen LogP contribution is 2.34. The number of H-pyrrole nitrogens is 1. The number of rotatable bonds is 7. The predicted molar refractivity (Wildman–Crippen MR) is 147 cm³/mol. The van der Waals surface area contributed by atoms with Crippen molar-refractivity contribution >= 4 is 22.6 Å². The van der Waals surface area contributed by atoms with Crippen LogP contribution in [0.15, 0.2) is 54.7 Å². The number of methoxy groups -OCH3 is 1. The van der Waals surface area contributed by atoms with Gasteiger partial charge in [0.1, 0.15) is 5.75 Å². The van der Waals surface area contributed by atoms with Crippen molar-refractivity contribution in [1.29, 1.82) is 0 Å². The zero-order valence-corrected chi connectivity index (χ0v) is 21.6. The van der Waals surface area contributed by atoms with Gasteiger partial charge in [-0.15, -0.1) is 0 Å². The molecule has 0 unspecified atom stereocenters. The number of aromatic amines is 1. The van der Waals surface area contributed by atoms with Crippen molar-refractivity contribution in [1.82, 2.24) is 29.9 Å². The summed E-state index contributed by atoms with van der Waals surface area (Å²) in [6.45, 7) is 5.14. The summed E-state index contributed by atoms with van der Waals surface area (Å²) in [7, 11) is 5.81. The molecule has 2 aromatic heterocycles. The molecule has 3 heterocycles. The van der Waals surface area contributed by atoms with Crippen molar-refractivity contribution in [3.63, 3.8) is 0 Å². The molecule has 1 aliphatic heterocycles. The molecule has 4 aromatic rings. The third kappa shape index (κ3) is 5.14. The van der Waals surface area contributed by atoms with Crippen molar-refractivity contribution in [3.8, 4) is 28.1 Å². The molecule has 5 rings (SSSR count). The number of nitrogen functional groups attached to an aromatic ring is 1. The lowest BCUT2D eigenvalue weighted by atomic mass is 10.0. The number of carbonyl (C=O) groups excluding carboxylic acids is 1. The van der Waals surface area contributed by atoms with E-state index in [4.69, 9.17) is 10.5 Å². The molecule has 0 radical (unpaired) electrons. The molecular formula is C28H33N7O2. The van der Waals surface area contributed by atoms with Gasteiger partial charge in [0, 0.05) is 67.7 Å². The Hall–Kier alpha value is -3.95. The number of nitrogens with one attached hydrogen (secondary N) is 1. The van der Waals surface area contributed by atoms with Gasteiger partial charge in [0.2, 0.25) is 0 Å². The highest BCUT2D eigenvalue weighted by Gasteiger charge is 2.24. The number of pyridine rings is 1. The van der Waals surface area contributed by atoms with Crippen LogP contribution in [0.5, 0.6) is 5.75 Å². The van der Waals surface area contributed by atoms with E-state index in [0.29, 0.717) is 30.0 Å². The molecule has 37 heavy (non-hydrogen) atoms. The van der Waals surface area contributed by atoms with Gasteiger partial charge < -0.3 is 20.3 Å². The van der Waals surface area contributed by atoms with Crippen molar-refractivity contribution in [3.05, 3.63) is 60.3 Å². The number of carbonyl (C=O) groups is 1. The first-order valence-electron chi connectivity index (χ1n) is 12.5. The molecule has 0 spiro atoms. The monoisotopic (exact) mass is 499 g/mol. The van der Waals surface area contributed by atoms with Crippen molar-refractivity contribution in [2.75, 3.05) is 66.2 Å². The third-order valence-electron chi connectivity index (χ3n) is 6.93. The maximum absolute atomic E-state index is 13.4. The second-order valence-electron chi connectivity index (χ2n) is 9.63. The zero-order valence-electron chi connectivity index (χ0n) is 21.6. The van der Waals surface area contributed by atoms with Crippen molar-refractivity contribution in [2.24, 2.45) is 0 Å². The van der Waals surface area contributed by atoms with Crippen LogP contribution in [0.4, 0.5) is 5.69 Å². The number of amides is 1. The van der Waals surface area contributed by atoms with Crippen molar-refractivity contribution in [2.45, 2.75) is 0 Å². The third-order valence-corrected chi connectivity index (χ3v) is 6.93. The molecule has 0 saturated carbocycles. The normalized spacial score (nSPS) is 14.4. The summed E-state index contributed by atoms with van der Waals surface area (Å²) in [6, 6.07) is 15.4. The molecule has 2 aromatic carbocycles. The fourth-order valence-electron chi connectivity index (χ4n) is 4.72. The van der Waals surface area contributed by atoms with Crippen LogP contribution in [-0.4, -0.2) is 96.3 Å². The Morgan fingerprint density at radius 3 is 2.62 bits per heavy atom. The lowest BCUT2D eigenvalue weighted by molar-refractivity contribution is 0.0631.